The van der Waals surface area contributed by atoms with Crippen LogP contribution in [0, 0.1) is 5.92 Å². The molecule has 1 aromatic rings. The Bertz CT molecular complexity index is 623. The fourth-order valence-electron chi connectivity index (χ4n) is 3.39. The van der Waals surface area contributed by atoms with Crippen molar-refractivity contribution in [2.24, 2.45) is 5.92 Å². The molecule has 2 heterocycles. The van der Waals surface area contributed by atoms with Crippen LogP contribution in [0.1, 0.15) is 40.5 Å². The lowest BCUT2D eigenvalue weighted by atomic mass is 9.98. The molecule has 2 amide bonds. The predicted molar refractivity (Wildman–Crippen MR) is 87.6 cm³/mol. The quantitative estimate of drug-likeness (QED) is 0.605. The largest absolute Gasteiger partial charge is 0.466 e. The highest BCUT2D eigenvalue weighted by molar-refractivity contribution is 6.21. The molecule has 0 bridgehead atoms. The standard InChI is InChI=1S/C18H22N2O4/c1-2-24-18(23)13-6-5-9-19(12-13)10-11-20-16(21)14-7-3-4-8-15(14)17(20)22/h3-4,7-8,13H,2,5-6,9-12H2,1H3. The third-order valence-electron chi connectivity index (χ3n) is 4.64. The highest BCUT2D eigenvalue weighted by Gasteiger charge is 2.35. The topological polar surface area (TPSA) is 66.9 Å². The van der Waals surface area contributed by atoms with E-state index in [-0.39, 0.29) is 23.7 Å². The molecule has 1 aromatic carbocycles. The minimum absolute atomic E-state index is 0.110. The molecule has 6 nitrogen and oxygen atoms in total. The van der Waals surface area contributed by atoms with E-state index in [0.717, 1.165) is 19.4 Å². The summed E-state index contributed by atoms with van der Waals surface area (Å²) in [4.78, 5) is 40.0. The predicted octanol–water partition coefficient (Wildman–Crippen LogP) is 1.56. The molecule has 0 aromatic heterocycles. The molecule has 0 N–H and O–H groups in total. The van der Waals surface area contributed by atoms with Crippen LogP contribution in [0.15, 0.2) is 24.3 Å². The van der Waals surface area contributed by atoms with Crippen LogP contribution in [0.2, 0.25) is 0 Å². The number of rotatable bonds is 5. The molecule has 1 fully saturated rings. The molecule has 0 radical (unpaired) electrons. The van der Waals surface area contributed by atoms with Crippen molar-refractivity contribution < 1.29 is 19.1 Å². The monoisotopic (exact) mass is 330 g/mol. The van der Waals surface area contributed by atoms with Gasteiger partial charge in [0.15, 0.2) is 0 Å². The summed E-state index contributed by atoms with van der Waals surface area (Å²) in [6.07, 6.45) is 1.76. The van der Waals surface area contributed by atoms with Crippen LogP contribution in [0.25, 0.3) is 0 Å². The Kier molecular flexibility index (Phi) is 4.94. The molecule has 0 spiro atoms. The number of ether oxygens (including phenoxy) is 1. The average Bonchev–Trinajstić information content (AvgIpc) is 2.85. The van der Waals surface area contributed by atoms with Gasteiger partial charge < -0.3 is 9.64 Å². The number of nitrogens with zero attached hydrogens (tertiary/aromatic N) is 2. The Morgan fingerprint density at radius 1 is 1.17 bits per heavy atom. The number of esters is 1. The third-order valence-corrected chi connectivity index (χ3v) is 4.64. The van der Waals surface area contributed by atoms with Gasteiger partial charge in [-0.1, -0.05) is 12.1 Å². The maximum atomic E-state index is 12.4. The van der Waals surface area contributed by atoms with Crippen LogP contribution in [0.5, 0.6) is 0 Å². The zero-order valence-electron chi connectivity index (χ0n) is 13.9. The van der Waals surface area contributed by atoms with Gasteiger partial charge in [-0.25, -0.2) is 0 Å². The maximum absolute atomic E-state index is 12.4. The van der Waals surface area contributed by atoms with E-state index in [2.05, 4.69) is 4.90 Å². The van der Waals surface area contributed by atoms with Gasteiger partial charge in [0.05, 0.1) is 23.7 Å². The van der Waals surface area contributed by atoms with Gasteiger partial charge in [0, 0.05) is 19.6 Å². The minimum atomic E-state index is -0.227. The fourth-order valence-corrected chi connectivity index (χ4v) is 3.39. The van der Waals surface area contributed by atoms with Gasteiger partial charge in [-0.05, 0) is 38.4 Å². The number of imide groups is 1. The highest BCUT2D eigenvalue weighted by Crippen LogP contribution is 2.23. The lowest BCUT2D eigenvalue weighted by Gasteiger charge is -2.32. The summed E-state index contributed by atoms with van der Waals surface area (Å²) >= 11 is 0. The highest BCUT2D eigenvalue weighted by atomic mass is 16.5. The summed E-state index contributed by atoms with van der Waals surface area (Å²) < 4.78 is 5.10. The summed E-state index contributed by atoms with van der Waals surface area (Å²) in [6, 6.07) is 6.91. The normalized spacial score (nSPS) is 21.0. The molecule has 24 heavy (non-hydrogen) atoms. The van der Waals surface area contributed by atoms with Gasteiger partial charge in [-0.15, -0.1) is 0 Å². The molecule has 1 saturated heterocycles. The van der Waals surface area contributed by atoms with Crippen molar-refractivity contribution in [3.8, 4) is 0 Å². The van der Waals surface area contributed by atoms with Crippen molar-refractivity contribution in [3.63, 3.8) is 0 Å². The van der Waals surface area contributed by atoms with Gasteiger partial charge in [0.1, 0.15) is 0 Å². The first-order valence-corrected chi connectivity index (χ1v) is 8.46. The summed E-state index contributed by atoms with van der Waals surface area (Å²) in [7, 11) is 0. The van der Waals surface area contributed by atoms with Crippen LogP contribution < -0.4 is 0 Å². The zero-order valence-corrected chi connectivity index (χ0v) is 13.9. The number of likely N-dealkylation sites (tertiary alicyclic amines) is 1. The third kappa shape index (κ3) is 3.19. The molecular weight excluding hydrogens is 308 g/mol. The molecule has 128 valence electrons. The second kappa shape index (κ2) is 7.13. The number of benzene rings is 1. The summed E-state index contributed by atoms with van der Waals surface area (Å²) in [5, 5.41) is 0. The van der Waals surface area contributed by atoms with Crippen molar-refractivity contribution in [1.29, 1.82) is 0 Å². The molecule has 1 atom stereocenters. The van der Waals surface area contributed by atoms with Gasteiger partial charge in [0.2, 0.25) is 0 Å². The molecular formula is C18H22N2O4. The fraction of sp³-hybridized carbons (Fsp3) is 0.500. The second-order valence-electron chi connectivity index (χ2n) is 6.20. The number of amides is 2. The maximum Gasteiger partial charge on any atom is 0.310 e. The van der Waals surface area contributed by atoms with E-state index in [1.807, 2.05) is 0 Å². The smallest absolute Gasteiger partial charge is 0.310 e. The van der Waals surface area contributed by atoms with E-state index >= 15 is 0 Å². The first-order chi connectivity index (χ1) is 11.6. The summed E-state index contributed by atoms with van der Waals surface area (Å²) in [5.41, 5.74) is 0.955. The Labute approximate surface area is 141 Å². The van der Waals surface area contributed by atoms with E-state index in [1.165, 1.54) is 4.90 Å². The van der Waals surface area contributed by atoms with Crippen molar-refractivity contribution in [1.82, 2.24) is 9.80 Å². The number of carbonyl (C=O) groups is 3. The second-order valence-corrected chi connectivity index (χ2v) is 6.20. The number of piperidine rings is 1. The van der Waals surface area contributed by atoms with Gasteiger partial charge in [-0.3, -0.25) is 19.3 Å². The number of carbonyl (C=O) groups excluding carboxylic acids is 3. The molecule has 0 saturated carbocycles. The molecule has 2 aliphatic rings. The molecule has 1 unspecified atom stereocenters. The number of hydrogen-bond donors (Lipinski definition) is 0. The molecule has 6 heteroatoms. The molecule has 0 aliphatic carbocycles. The first-order valence-electron chi connectivity index (χ1n) is 8.46. The lowest BCUT2D eigenvalue weighted by Crippen LogP contribution is -2.44. The number of fused-ring (bicyclic) bond motifs is 1. The minimum Gasteiger partial charge on any atom is -0.466 e. The van der Waals surface area contributed by atoms with E-state index in [4.69, 9.17) is 4.74 Å². The van der Waals surface area contributed by atoms with Gasteiger partial charge >= 0.3 is 5.97 Å². The average molecular weight is 330 g/mol. The number of hydrogen-bond acceptors (Lipinski definition) is 5. The first kappa shape index (κ1) is 16.6. The Morgan fingerprint density at radius 2 is 1.83 bits per heavy atom. The van der Waals surface area contributed by atoms with E-state index in [9.17, 15) is 14.4 Å². The van der Waals surface area contributed by atoms with Crippen LogP contribution >= 0.6 is 0 Å². The molecule has 2 aliphatic heterocycles. The Hall–Kier alpha value is -2.21. The Morgan fingerprint density at radius 3 is 2.46 bits per heavy atom. The van der Waals surface area contributed by atoms with Crippen molar-refractivity contribution in [2.45, 2.75) is 19.8 Å². The van der Waals surface area contributed by atoms with Crippen molar-refractivity contribution >= 4 is 17.8 Å². The van der Waals surface area contributed by atoms with E-state index < -0.39 is 0 Å². The van der Waals surface area contributed by atoms with Crippen LogP contribution in [0.3, 0.4) is 0 Å². The van der Waals surface area contributed by atoms with Crippen LogP contribution in [0.4, 0.5) is 0 Å². The summed E-state index contributed by atoms with van der Waals surface area (Å²) in [6.45, 7) is 4.63. The van der Waals surface area contributed by atoms with Crippen molar-refractivity contribution in [3.05, 3.63) is 35.4 Å². The van der Waals surface area contributed by atoms with Crippen LogP contribution in [-0.2, 0) is 9.53 Å². The van der Waals surface area contributed by atoms with Gasteiger partial charge in [0.25, 0.3) is 11.8 Å². The van der Waals surface area contributed by atoms with E-state index in [0.29, 0.717) is 37.4 Å². The lowest BCUT2D eigenvalue weighted by molar-refractivity contribution is -0.149. The SMILES string of the molecule is CCOC(=O)C1CCCN(CCN2C(=O)c3ccccc3C2=O)C1. The van der Waals surface area contributed by atoms with Crippen molar-refractivity contribution in [2.75, 3.05) is 32.8 Å². The Balaban J connectivity index is 1.58. The zero-order chi connectivity index (χ0) is 17.1. The van der Waals surface area contributed by atoms with Crippen LogP contribution in [-0.4, -0.2) is 60.4 Å². The van der Waals surface area contributed by atoms with E-state index in [1.54, 1.807) is 31.2 Å². The molecule has 3 rings (SSSR count). The summed E-state index contributed by atoms with van der Waals surface area (Å²) in [5.74, 6) is -0.715. The van der Waals surface area contributed by atoms with Gasteiger partial charge in [-0.2, -0.15) is 0 Å².